The quantitative estimate of drug-likeness (QED) is 0.514. The van der Waals surface area contributed by atoms with Gasteiger partial charge in [0.25, 0.3) is 0 Å². The zero-order valence-corrected chi connectivity index (χ0v) is 11.5. The fraction of sp³-hybridized carbons (Fsp3) is 0.308. The van der Waals surface area contributed by atoms with Crippen LogP contribution in [-0.4, -0.2) is 28.1 Å². The number of β-lactam (4-membered cyclic amide) rings is 1. The summed E-state index contributed by atoms with van der Waals surface area (Å²) < 4.78 is 4.81. The van der Waals surface area contributed by atoms with Crippen LogP contribution in [0.15, 0.2) is 24.3 Å². The first kappa shape index (κ1) is 13.5. The van der Waals surface area contributed by atoms with Crippen LogP contribution in [0.1, 0.15) is 20.3 Å². The van der Waals surface area contributed by atoms with Crippen LogP contribution in [-0.2, 0) is 14.3 Å². The van der Waals surface area contributed by atoms with Crippen molar-refractivity contribution in [1.29, 1.82) is 0 Å². The molecular formula is C13H14N2O3S. The molecule has 0 aromatic carbocycles. The van der Waals surface area contributed by atoms with Gasteiger partial charge in [-0.25, -0.2) is 5.01 Å². The minimum Gasteiger partial charge on any atom is -0.439 e. The van der Waals surface area contributed by atoms with E-state index in [9.17, 15) is 9.59 Å². The summed E-state index contributed by atoms with van der Waals surface area (Å²) in [4.78, 5) is 22.0. The first-order chi connectivity index (χ1) is 8.97. The van der Waals surface area contributed by atoms with Gasteiger partial charge in [-0.05, 0) is 24.1 Å². The molecule has 1 fully saturated rings. The second-order valence-electron chi connectivity index (χ2n) is 4.28. The van der Waals surface area contributed by atoms with Gasteiger partial charge in [-0.2, -0.15) is 0 Å². The van der Waals surface area contributed by atoms with Crippen LogP contribution in [0, 0.1) is 0 Å². The van der Waals surface area contributed by atoms with Crippen LogP contribution >= 0.6 is 12.2 Å². The molecule has 100 valence electrons. The van der Waals surface area contributed by atoms with E-state index in [2.05, 4.69) is 29.7 Å². The molecule has 1 heterocycles. The van der Waals surface area contributed by atoms with Crippen LogP contribution in [0.2, 0.25) is 0 Å². The zero-order valence-electron chi connectivity index (χ0n) is 10.7. The standard InChI is InChI=1S/C7H10N2O3S.C6H4/c1-4(13)8-9-6(11)3-7(9)12-5(2)10;1-2-5-4-6(5)3-1/h7H,3H2,1-2H3,(H,8,13);1-4H/t7-;/m0./s1. The average Bonchev–Trinajstić information content (AvgIpc) is 2.93. The minimum absolute atomic E-state index is 0.129. The van der Waals surface area contributed by atoms with E-state index in [1.54, 1.807) is 6.92 Å². The summed E-state index contributed by atoms with van der Waals surface area (Å²) in [5.41, 5.74) is 5.47. The van der Waals surface area contributed by atoms with Gasteiger partial charge >= 0.3 is 5.97 Å². The lowest BCUT2D eigenvalue weighted by Crippen LogP contribution is -2.61. The largest absolute Gasteiger partial charge is 0.439 e. The molecule has 0 unspecified atom stereocenters. The number of hydrazine groups is 1. The minimum atomic E-state index is -0.511. The summed E-state index contributed by atoms with van der Waals surface area (Å²) in [6.45, 7) is 2.94. The summed E-state index contributed by atoms with van der Waals surface area (Å²) in [6, 6.07) is 8.48. The van der Waals surface area contributed by atoms with E-state index in [0.717, 1.165) is 0 Å². The maximum atomic E-state index is 11.0. The number of hydrogen-bond donors (Lipinski definition) is 1. The zero-order chi connectivity index (χ0) is 14.0. The van der Waals surface area contributed by atoms with Crippen LogP contribution in [0.3, 0.4) is 0 Å². The van der Waals surface area contributed by atoms with Gasteiger partial charge in [0.1, 0.15) is 0 Å². The van der Waals surface area contributed by atoms with Gasteiger partial charge in [-0.1, -0.05) is 30.4 Å². The molecule has 19 heavy (non-hydrogen) atoms. The lowest BCUT2D eigenvalue weighted by atomic mass is 10.2. The highest BCUT2D eigenvalue weighted by atomic mass is 32.1. The molecule has 3 aliphatic rings. The van der Waals surface area contributed by atoms with Gasteiger partial charge in [-0.15, -0.1) is 0 Å². The summed E-state index contributed by atoms with van der Waals surface area (Å²) in [5.74, 6) is -0.540. The first-order valence-electron chi connectivity index (χ1n) is 5.84. The van der Waals surface area contributed by atoms with Crippen molar-refractivity contribution in [3.05, 3.63) is 24.3 Å². The highest BCUT2D eigenvalue weighted by Gasteiger charge is 2.39. The summed E-state index contributed by atoms with van der Waals surface area (Å²) >= 11 is 4.75. The molecule has 6 heteroatoms. The lowest BCUT2D eigenvalue weighted by molar-refractivity contribution is -0.186. The van der Waals surface area contributed by atoms with Gasteiger partial charge in [0.15, 0.2) is 0 Å². The first-order valence-corrected chi connectivity index (χ1v) is 6.25. The van der Waals surface area contributed by atoms with E-state index in [1.807, 2.05) is 0 Å². The molecular weight excluding hydrogens is 264 g/mol. The van der Waals surface area contributed by atoms with Crippen LogP contribution in [0.5, 0.6) is 0 Å². The van der Waals surface area contributed by atoms with Gasteiger partial charge in [0.05, 0.1) is 11.4 Å². The Hall–Kier alpha value is -1.95. The number of rotatable bonds is 2. The molecule has 0 saturated carbocycles. The van der Waals surface area contributed by atoms with Crippen molar-refractivity contribution >= 4 is 29.1 Å². The molecule has 0 radical (unpaired) electrons. The van der Waals surface area contributed by atoms with Crippen molar-refractivity contribution in [2.75, 3.05) is 0 Å². The Morgan fingerprint density at radius 2 is 2.05 bits per heavy atom. The second kappa shape index (κ2) is 5.36. The Morgan fingerprint density at radius 3 is 2.37 bits per heavy atom. The Bertz CT molecular complexity index is 527. The van der Waals surface area contributed by atoms with Crippen molar-refractivity contribution < 1.29 is 14.3 Å². The predicted octanol–water partition coefficient (Wildman–Crippen LogP) is 1.63. The van der Waals surface area contributed by atoms with Crippen molar-refractivity contribution in [3.8, 4) is 11.1 Å². The van der Waals surface area contributed by atoms with Crippen molar-refractivity contribution in [1.82, 2.24) is 10.4 Å². The highest BCUT2D eigenvalue weighted by molar-refractivity contribution is 7.80. The summed E-state index contributed by atoms with van der Waals surface area (Å²) in [6.07, 6.45) is -0.294. The third-order valence-corrected chi connectivity index (χ3v) is 2.69. The van der Waals surface area contributed by atoms with Crippen molar-refractivity contribution in [2.45, 2.75) is 26.5 Å². The Kier molecular flexibility index (Phi) is 3.80. The molecule has 0 aromatic rings. The van der Waals surface area contributed by atoms with Crippen LogP contribution < -0.4 is 5.43 Å². The smallest absolute Gasteiger partial charge is 0.304 e. The second-order valence-corrected chi connectivity index (χ2v) is 4.89. The molecule has 1 N–H and O–H groups in total. The van der Waals surface area contributed by atoms with E-state index in [1.165, 1.54) is 23.1 Å². The average molecular weight is 278 g/mol. The summed E-state index contributed by atoms with van der Waals surface area (Å²) in [7, 11) is 0. The van der Waals surface area contributed by atoms with E-state index in [-0.39, 0.29) is 12.3 Å². The number of carbonyl (C=O) groups excluding carboxylic acids is 2. The monoisotopic (exact) mass is 278 g/mol. The molecule has 2 aliphatic carbocycles. The maximum absolute atomic E-state index is 11.0. The SMILES string of the molecule is CC(=O)O[C@H]1CC(=O)N1NC(C)=S.c1cc2cc-2c1. The molecule has 3 rings (SSSR count). The molecule has 0 aromatic heterocycles. The molecule has 0 spiro atoms. The molecule has 1 aliphatic heterocycles. The number of carbonyl (C=O) groups is 2. The van der Waals surface area contributed by atoms with Gasteiger partial charge in [-0.3, -0.25) is 15.0 Å². The van der Waals surface area contributed by atoms with Crippen molar-refractivity contribution in [2.24, 2.45) is 0 Å². The maximum Gasteiger partial charge on any atom is 0.304 e. The number of amides is 1. The van der Waals surface area contributed by atoms with E-state index in [4.69, 9.17) is 17.0 Å². The third kappa shape index (κ3) is 3.51. The predicted molar refractivity (Wildman–Crippen MR) is 73.9 cm³/mol. The third-order valence-electron chi connectivity index (χ3n) is 2.60. The number of esters is 1. The fourth-order valence-corrected chi connectivity index (χ4v) is 1.75. The van der Waals surface area contributed by atoms with Gasteiger partial charge in [0, 0.05) is 6.92 Å². The Morgan fingerprint density at radius 1 is 1.42 bits per heavy atom. The number of hydrogen-bond acceptors (Lipinski definition) is 4. The molecule has 0 bridgehead atoms. The number of nitrogens with zero attached hydrogens (tertiary/aromatic N) is 1. The normalized spacial score (nSPS) is 17.7. The van der Waals surface area contributed by atoms with Gasteiger partial charge < -0.3 is 4.74 Å². The number of thiocarbonyl (C=S) groups is 1. The topological polar surface area (TPSA) is 58.6 Å². The van der Waals surface area contributed by atoms with Crippen LogP contribution in [0.25, 0.3) is 11.1 Å². The number of nitrogens with one attached hydrogen (secondary N) is 1. The van der Waals surface area contributed by atoms with Crippen LogP contribution in [0.4, 0.5) is 0 Å². The number of benzene rings is 1. The van der Waals surface area contributed by atoms with Crippen molar-refractivity contribution in [3.63, 3.8) is 0 Å². The molecule has 1 saturated heterocycles. The molecule has 1 atom stereocenters. The lowest BCUT2D eigenvalue weighted by Gasteiger charge is -2.38. The molecule has 5 nitrogen and oxygen atoms in total. The van der Waals surface area contributed by atoms with E-state index in [0.29, 0.717) is 4.99 Å². The van der Waals surface area contributed by atoms with Gasteiger partial charge in [0.2, 0.25) is 12.1 Å². The number of ether oxygens (including phenoxy) is 1. The highest BCUT2D eigenvalue weighted by Crippen LogP contribution is 2.32. The Balaban J connectivity index is 0.000000180. The Labute approximate surface area is 116 Å². The van der Waals surface area contributed by atoms with E-state index >= 15 is 0 Å². The number of fused-ring (bicyclic) bond motifs is 1. The molecule has 1 amide bonds. The fourth-order valence-electron chi connectivity index (χ4n) is 1.65. The van der Waals surface area contributed by atoms with E-state index < -0.39 is 12.2 Å². The summed E-state index contributed by atoms with van der Waals surface area (Å²) in [5, 5.41) is 1.21.